The van der Waals surface area contributed by atoms with Crippen LogP contribution in [0, 0.1) is 0 Å². The quantitative estimate of drug-likeness (QED) is 0.645. The molecule has 2 rings (SSSR count). The molecule has 8 heteroatoms. The molecule has 0 radical (unpaired) electrons. The van der Waals surface area contributed by atoms with E-state index >= 15 is 0 Å². The van der Waals surface area contributed by atoms with Gasteiger partial charge in [-0.15, -0.1) is 0 Å². The number of carboxylic acid groups (broad SMARTS) is 2. The fourth-order valence-corrected chi connectivity index (χ4v) is 1.58. The number of anilines is 1. The van der Waals surface area contributed by atoms with Gasteiger partial charge in [0.25, 0.3) is 0 Å². The standard InChI is InChI=1S/C13H13N3O2.C3H7NO2/c1-9(13(17)18)16-12-8-15-6-4-11(12)10-3-2-5-14-7-10;1-2(4)3(5)6/h2-9,16H,1H3,(H,17,18);2H,4H2,1H3,(H,5,6)/t9-;2-/m01/s1. The summed E-state index contributed by atoms with van der Waals surface area (Å²) < 4.78 is 0. The topological polar surface area (TPSA) is 138 Å². The first-order valence-electron chi connectivity index (χ1n) is 7.15. The summed E-state index contributed by atoms with van der Waals surface area (Å²) >= 11 is 0. The lowest BCUT2D eigenvalue weighted by Gasteiger charge is -2.14. The number of nitrogens with one attached hydrogen (secondary N) is 1. The molecule has 8 nitrogen and oxygen atoms in total. The molecule has 0 unspecified atom stereocenters. The summed E-state index contributed by atoms with van der Waals surface area (Å²) in [5.41, 5.74) is 7.31. The highest BCUT2D eigenvalue weighted by Gasteiger charge is 2.13. The molecule has 0 aromatic carbocycles. The van der Waals surface area contributed by atoms with Crippen LogP contribution >= 0.6 is 0 Å². The maximum atomic E-state index is 10.9. The molecule has 0 spiro atoms. The summed E-state index contributed by atoms with van der Waals surface area (Å²) in [5, 5.41) is 19.7. The van der Waals surface area contributed by atoms with Crippen molar-refractivity contribution < 1.29 is 19.8 Å². The second-order valence-electron chi connectivity index (χ2n) is 4.99. The maximum Gasteiger partial charge on any atom is 0.325 e. The zero-order valence-corrected chi connectivity index (χ0v) is 13.4. The highest BCUT2D eigenvalue weighted by Crippen LogP contribution is 2.26. The van der Waals surface area contributed by atoms with Crippen molar-refractivity contribution in [1.29, 1.82) is 0 Å². The molecule has 0 aliphatic rings. The van der Waals surface area contributed by atoms with Gasteiger partial charge in [0.2, 0.25) is 0 Å². The molecule has 2 heterocycles. The fraction of sp³-hybridized carbons (Fsp3) is 0.250. The summed E-state index contributed by atoms with van der Waals surface area (Å²) in [7, 11) is 0. The van der Waals surface area contributed by atoms with Crippen molar-refractivity contribution in [1.82, 2.24) is 9.97 Å². The molecule has 0 saturated carbocycles. The number of pyridine rings is 2. The van der Waals surface area contributed by atoms with Crippen LogP contribution in [0.2, 0.25) is 0 Å². The van der Waals surface area contributed by atoms with Crippen LogP contribution in [0.4, 0.5) is 5.69 Å². The van der Waals surface area contributed by atoms with E-state index < -0.39 is 24.0 Å². The second kappa shape index (κ2) is 9.21. The third-order valence-electron chi connectivity index (χ3n) is 2.93. The Bertz CT molecular complexity index is 677. The Morgan fingerprint density at radius 2 is 1.71 bits per heavy atom. The molecule has 24 heavy (non-hydrogen) atoms. The summed E-state index contributed by atoms with van der Waals surface area (Å²) in [5.74, 6) is -1.87. The fourth-order valence-electron chi connectivity index (χ4n) is 1.58. The van der Waals surface area contributed by atoms with Gasteiger partial charge < -0.3 is 21.3 Å². The first kappa shape index (κ1) is 19.0. The lowest BCUT2D eigenvalue weighted by Crippen LogP contribution is -2.25. The average molecular weight is 332 g/mol. The first-order valence-corrected chi connectivity index (χ1v) is 7.15. The van der Waals surface area contributed by atoms with Crippen LogP contribution in [0.1, 0.15) is 13.8 Å². The largest absolute Gasteiger partial charge is 0.480 e. The van der Waals surface area contributed by atoms with E-state index in [2.05, 4.69) is 15.3 Å². The van der Waals surface area contributed by atoms with Crippen LogP contribution in [0.3, 0.4) is 0 Å². The summed E-state index contributed by atoms with van der Waals surface area (Å²) in [4.78, 5) is 28.5. The number of nitrogens with two attached hydrogens (primary N) is 1. The Hall–Kier alpha value is -3.00. The monoisotopic (exact) mass is 332 g/mol. The molecule has 2 aromatic heterocycles. The molecular weight excluding hydrogens is 312 g/mol. The van der Waals surface area contributed by atoms with Crippen molar-refractivity contribution in [3.05, 3.63) is 43.0 Å². The lowest BCUT2D eigenvalue weighted by atomic mass is 10.1. The molecule has 0 amide bonds. The number of nitrogens with zero attached hydrogens (tertiary/aromatic N) is 2. The molecule has 0 aliphatic carbocycles. The first-order chi connectivity index (χ1) is 11.3. The van der Waals surface area contributed by atoms with Crippen LogP contribution in [-0.2, 0) is 9.59 Å². The van der Waals surface area contributed by atoms with Gasteiger partial charge in [-0.05, 0) is 26.0 Å². The Balaban J connectivity index is 0.000000413. The minimum atomic E-state index is -0.963. The molecule has 2 atom stereocenters. The number of rotatable bonds is 5. The predicted molar refractivity (Wildman–Crippen MR) is 89.5 cm³/mol. The maximum absolute atomic E-state index is 10.9. The van der Waals surface area contributed by atoms with Gasteiger partial charge in [0.15, 0.2) is 0 Å². The van der Waals surface area contributed by atoms with Crippen LogP contribution in [0.25, 0.3) is 11.1 Å². The lowest BCUT2D eigenvalue weighted by molar-refractivity contribution is -0.138. The smallest absolute Gasteiger partial charge is 0.325 e. The zero-order chi connectivity index (χ0) is 18.1. The van der Waals surface area contributed by atoms with Gasteiger partial charge in [0, 0.05) is 29.7 Å². The van der Waals surface area contributed by atoms with E-state index in [1.165, 1.54) is 6.92 Å². The van der Waals surface area contributed by atoms with Crippen molar-refractivity contribution in [3.8, 4) is 11.1 Å². The van der Waals surface area contributed by atoms with Crippen LogP contribution in [0.15, 0.2) is 43.0 Å². The Labute approximate surface area is 139 Å². The van der Waals surface area contributed by atoms with Gasteiger partial charge >= 0.3 is 11.9 Å². The SMILES string of the molecule is C[C@@H](N)C(=O)O.C[C@H](Nc1cnccc1-c1cccnc1)C(=O)O. The van der Waals surface area contributed by atoms with Gasteiger partial charge in [-0.1, -0.05) is 6.07 Å². The average Bonchev–Trinajstić information content (AvgIpc) is 2.56. The number of carbonyl (C=O) groups is 2. The number of hydrogen-bond donors (Lipinski definition) is 4. The summed E-state index contributed by atoms with van der Waals surface area (Å²) in [6, 6.07) is 4.17. The highest BCUT2D eigenvalue weighted by molar-refractivity contribution is 5.82. The highest BCUT2D eigenvalue weighted by atomic mass is 16.4. The molecular formula is C16H20N4O4. The second-order valence-corrected chi connectivity index (χ2v) is 4.99. The van der Waals surface area contributed by atoms with Gasteiger partial charge in [-0.25, -0.2) is 0 Å². The molecule has 2 aromatic rings. The molecule has 0 fully saturated rings. The molecule has 128 valence electrons. The van der Waals surface area contributed by atoms with E-state index in [0.29, 0.717) is 5.69 Å². The van der Waals surface area contributed by atoms with Gasteiger partial charge in [0.05, 0.1) is 11.9 Å². The Kier molecular flexibility index (Phi) is 7.31. The van der Waals surface area contributed by atoms with Crippen molar-refractivity contribution in [3.63, 3.8) is 0 Å². The molecule has 0 saturated heterocycles. The van der Waals surface area contributed by atoms with Crippen molar-refractivity contribution in [2.75, 3.05) is 5.32 Å². The molecule has 0 bridgehead atoms. The van der Waals surface area contributed by atoms with Gasteiger partial charge in [0.1, 0.15) is 12.1 Å². The van der Waals surface area contributed by atoms with Gasteiger partial charge in [-0.2, -0.15) is 0 Å². The normalized spacial score (nSPS) is 12.3. The summed E-state index contributed by atoms with van der Waals surface area (Å²) in [6.45, 7) is 3.00. The Morgan fingerprint density at radius 1 is 1.08 bits per heavy atom. The third-order valence-corrected chi connectivity index (χ3v) is 2.93. The van der Waals surface area contributed by atoms with E-state index in [4.69, 9.17) is 15.9 Å². The summed E-state index contributed by atoms with van der Waals surface area (Å²) in [6.07, 6.45) is 6.70. The van der Waals surface area contributed by atoms with Gasteiger partial charge in [-0.3, -0.25) is 19.6 Å². The van der Waals surface area contributed by atoms with E-state index in [-0.39, 0.29) is 0 Å². The number of hydrogen-bond acceptors (Lipinski definition) is 6. The molecule has 0 aliphatic heterocycles. The van der Waals surface area contributed by atoms with Crippen molar-refractivity contribution in [2.45, 2.75) is 25.9 Å². The number of aliphatic carboxylic acids is 2. The third kappa shape index (κ3) is 6.01. The number of aromatic nitrogens is 2. The minimum absolute atomic E-state index is 0.676. The van der Waals surface area contributed by atoms with E-state index in [9.17, 15) is 9.59 Å². The Morgan fingerprint density at radius 3 is 2.21 bits per heavy atom. The molecule has 5 N–H and O–H groups in total. The van der Waals surface area contributed by atoms with Crippen molar-refractivity contribution >= 4 is 17.6 Å². The van der Waals surface area contributed by atoms with E-state index in [1.54, 1.807) is 31.7 Å². The van der Waals surface area contributed by atoms with Crippen LogP contribution in [0.5, 0.6) is 0 Å². The van der Waals surface area contributed by atoms with Crippen LogP contribution in [-0.4, -0.2) is 44.2 Å². The van der Waals surface area contributed by atoms with E-state index in [1.807, 2.05) is 18.2 Å². The van der Waals surface area contributed by atoms with Crippen LogP contribution < -0.4 is 11.1 Å². The predicted octanol–water partition coefficient (Wildman–Crippen LogP) is 1.45. The van der Waals surface area contributed by atoms with Crippen molar-refractivity contribution in [2.24, 2.45) is 5.73 Å². The van der Waals surface area contributed by atoms with E-state index in [0.717, 1.165) is 11.1 Å². The zero-order valence-electron chi connectivity index (χ0n) is 13.4. The minimum Gasteiger partial charge on any atom is -0.480 e. The number of carboxylic acids is 2.